The van der Waals surface area contributed by atoms with Gasteiger partial charge in [0.1, 0.15) is 5.78 Å². The molecule has 5 heteroatoms. The van der Waals surface area contributed by atoms with Crippen molar-refractivity contribution in [2.24, 2.45) is 0 Å². The van der Waals surface area contributed by atoms with E-state index in [1.807, 2.05) is 11.8 Å². The van der Waals surface area contributed by atoms with Crippen molar-refractivity contribution in [1.29, 1.82) is 0 Å². The highest BCUT2D eigenvalue weighted by Gasteiger charge is 2.42. The molecule has 2 saturated heterocycles. The Morgan fingerprint density at radius 1 is 1.26 bits per heavy atom. The van der Waals surface area contributed by atoms with Crippen molar-refractivity contribution < 1.29 is 9.59 Å². The van der Waals surface area contributed by atoms with Gasteiger partial charge < -0.3 is 10.6 Å². The lowest BCUT2D eigenvalue weighted by Gasteiger charge is -2.16. The molecule has 0 unspecified atom stereocenters. The average molecular weight is 284 g/mol. The Kier molecular flexibility index (Phi) is 5.55. The Hall–Kier alpha value is -0.710. The first-order valence-electron chi connectivity index (χ1n) is 7.41. The lowest BCUT2D eigenvalue weighted by Crippen LogP contribution is -2.36. The maximum absolute atomic E-state index is 11.6. The number of thioether (sulfide) groups is 1. The van der Waals surface area contributed by atoms with Gasteiger partial charge in [0.25, 0.3) is 0 Å². The van der Waals surface area contributed by atoms with Crippen LogP contribution >= 0.6 is 11.8 Å². The molecule has 19 heavy (non-hydrogen) atoms. The molecule has 2 amide bonds. The first-order valence-corrected chi connectivity index (χ1v) is 8.46. The number of carbonyl (C=O) groups excluding carboxylic acids is 2. The van der Waals surface area contributed by atoms with Crippen molar-refractivity contribution in [2.45, 2.75) is 69.2 Å². The molecule has 0 aliphatic carbocycles. The highest BCUT2D eigenvalue weighted by atomic mass is 32.2. The molecule has 2 rings (SSSR count). The first-order chi connectivity index (χ1) is 9.20. The highest BCUT2D eigenvalue weighted by Crippen LogP contribution is 2.33. The van der Waals surface area contributed by atoms with Crippen LogP contribution in [0.15, 0.2) is 0 Å². The Morgan fingerprint density at radius 2 is 2.05 bits per heavy atom. The van der Waals surface area contributed by atoms with Gasteiger partial charge in [0.05, 0.1) is 12.1 Å². The summed E-state index contributed by atoms with van der Waals surface area (Å²) in [4.78, 5) is 22.8. The summed E-state index contributed by atoms with van der Waals surface area (Å²) in [5.74, 6) is 1.43. The molecule has 0 bridgehead atoms. The van der Waals surface area contributed by atoms with Crippen LogP contribution in [-0.2, 0) is 4.79 Å². The number of carbonyl (C=O) groups is 2. The summed E-state index contributed by atoms with van der Waals surface area (Å²) in [6.07, 6.45) is 6.80. The number of ketones is 1. The van der Waals surface area contributed by atoms with Gasteiger partial charge in [-0.05, 0) is 19.3 Å². The van der Waals surface area contributed by atoms with Gasteiger partial charge in [-0.15, -0.1) is 0 Å². The zero-order valence-corrected chi connectivity index (χ0v) is 12.4. The molecule has 0 radical (unpaired) electrons. The smallest absolute Gasteiger partial charge is 0.315 e. The highest BCUT2D eigenvalue weighted by molar-refractivity contribution is 8.00. The molecule has 0 aromatic rings. The number of hydrogen-bond donors (Lipinski definition) is 2. The van der Waals surface area contributed by atoms with E-state index in [0.717, 1.165) is 50.7 Å². The van der Waals surface area contributed by atoms with Crippen LogP contribution in [0.3, 0.4) is 0 Å². The maximum Gasteiger partial charge on any atom is 0.315 e. The zero-order chi connectivity index (χ0) is 13.7. The minimum atomic E-state index is -0.0185. The summed E-state index contributed by atoms with van der Waals surface area (Å²) in [7, 11) is 0. The summed E-state index contributed by atoms with van der Waals surface area (Å²) in [5, 5.41) is 6.48. The fourth-order valence-electron chi connectivity index (χ4n) is 2.81. The molecular weight excluding hydrogens is 260 g/mol. The van der Waals surface area contributed by atoms with E-state index in [2.05, 4.69) is 17.6 Å². The van der Waals surface area contributed by atoms with E-state index in [-0.39, 0.29) is 6.03 Å². The molecule has 2 aliphatic heterocycles. The fourth-order valence-corrected chi connectivity index (χ4v) is 4.35. The third kappa shape index (κ3) is 4.13. The van der Waals surface area contributed by atoms with Gasteiger partial charge in [0, 0.05) is 23.8 Å². The summed E-state index contributed by atoms with van der Waals surface area (Å²) < 4.78 is 0. The molecule has 4 nitrogen and oxygen atoms in total. The van der Waals surface area contributed by atoms with Gasteiger partial charge in [-0.3, -0.25) is 4.79 Å². The zero-order valence-electron chi connectivity index (χ0n) is 11.6. The third-order valence-corrected chi connectivity index (χ3v) is 5.45. The number of urea groups is 1. The van der Waals surface area contributed by atoms with Crippen LogP contribution in [0.1, 0.15) is 51.9 Å². The molecule has 2 aliphatic rings. The molecule has 2 N–H and O–H groups in total. The molecule has 3 atom stereocenters. The monoisotopic (exact) mass is 284 g/mol. The van der Waals surface area contributed by atoms with Gasteiger partial charge in [0.15, 0.2) is 0 Å². The van der Waals surface area contributed by atoms with Gasteiger partial charge in [-0.2, -0.15) is 11.8 Å². The molecule has 0 saturated carbocycles. The molecule has 0 spiro atoms. The van der Waals surface area contributed by atoms with Crippen molar-refractivity contribution in [3.8, 4) is 0 Å². The van der Waals surface area contributed by atoms with E-state index in [9.17, 15) is 9.59 Å². The number of hydrogen-bond acceptors (Lipinski definition) is 3. The second-order valence-corrected chi connectivity index (χ2v) is 6.78. The SMILES string of the molecule is CCCCC(=O)CCCC[C@@H]1SC[C@@H]2NC(=O)N[C@@H]21. The number of Topliss-reactive ketones (excluding diaryl/α,β-unsaturated/α-hetero) is 1. The lowest BCUT2D eigenvalue weighted by molar-refractivity contribution is -0.119. The second kappa shape index (κ2) is 7.17. The van der Waals surface area contributed by atoms with Crippen molar-refractivity contribution in [2.75, 3.05) is 5.75 Å². The Balaban J connectivity index is 1.59. The summed E-state index contributed by atoms with van der Waals surface area (Å²) in [6, 6.07) is 0.594. The molecule has 0 aromatic heterocycles. The molecule has 2 heterocycles. The van der Waals surface area contributed by atoms with E-state index in [1.54, 1.807) is 0 Å². The third-order valence-electron chi connectivity index (χ3n) is 3.94. The van der Waals surface area contributed by atoms with Crippen LogP contribution in [0.2, 0.25) is 0 Å². The topological polar surface area (TPSA) is 58.2 Å². The predicted molar refractivity (Wildman–Crippen MR) is 78.5 cm³/mol. The van der Waals surface area contributed by atoms with E-state index in [4.69, 9.17) is 0 Å². The normalized spacial score (nSPS) is 28.9. The molecule has 0 aromatic carbocycles. The van der Waals surface area contributed by atoms with Gasteiger partial charge in [-0.1, -0.05) is 19.8 Å². The van der Waals surface area contributed by atoms with Crippen LogP contribution < -0.4 is 10.6 Å². The van der Waals surface area contributed by atoms with Gasteiger partial charge >= 0.3 is 6.03 Å². The standard InChI is InChI=1S/C14H24N2O2S/c1-2-3-6-10(17)7-4-5-8-12-13-11(9-19-12)15-14(18)16-13/h11-13H,2-9H2,1H3,(H2,15,16,18)/t11-,12-,13-/m0/s1. The Bertz CT molecular complexity index is 335. The Labute approximate surface area is 119 Å². The minimum Gasteiger partial charge on any atom is -0.332 e. The summed E-state index contributed by atoms with van der Waals surface area (Å²) in [6.45, 7) is 2.12. The van der Waals surface area contributed by atoms with Crippen LogP contribution in [0.4, 0.5) is 4.79 Å². The van der Waals surface area contributed by atoms with Gasteiger partial charge in [0.2, 0.25) is 0 Å². The Morgan fingerprint density at radius 3 is 2.84 bits per heavy atom. The van der Waals surface area contributed by atoms with Gasteiger partial charge in [-0.25, -0.2) is 4.79 Å². The van der Waals surface area contributed by atoms with Crippen molar-refractivity contribution in [3.63, 3.8) is 0 Å². The molecule has 2 fully saturated rings. The molecular formula is C14H24N2O2S. The largest absolute Gasteiger partial charge is 0.332 e. The second-order valence-electron chi connectivity index (χ2n) is 5.51. The summed E-state index contributed by atoms with van der Waals surface area (Å²) in [5.41, 5.74) is 0. The first kappa shape index (κ1) is 14.7. The minimum absolute atomic E-state index is 0.0185. The van der Waals surface area contributed by atoms with Crippen LogP contribution in [0.5, 0.6) is 0 Å². The number of fused-ring (bicyclic) bond motifs is 1. The van der Waals surface area contributed by atoms with Crippen LogP contribution in [-0.4, -0.2) is 34.9 Å². The number of nitrogens with one attached hydrogen (secondary N) is 2. The molecule has 108 valence electrons. The van der Waals surface area contributed by atoms with Crippen molar-refractivity contribution >= 4 is 23.6 Å². The maximum atomic E-state index is 11.6. The lowest BCUT2D eigenvalue weighted by atomic mass is 10.0. The van der Waals surface area contributed by atoms with Crippen molar-refractivity contribution in [1.82, 2.24) is 10.6 Å². The fraction of sp³-hybridized carbons (Fsp3) is 0.857. The summed E-state index contributed by atoms with van der Waals surface area (Å²) >= 11 is 1.95. The number of unbranched alkanes of at least 4 members (excludes halogenated alkanes) is 2. The van der Waals surface area contributed by atoms with E-state index < -0.39 is 0 Å². The predicted octanol–water partition coefficient (Wildman–Crippen LogP) is 2.47. The van der Waals surface area contributed by atoms with E-state index in [1.165, 1.54) is 0 Å². The quantitative estimate of drug-likeness (QED) is 0.532. The number of amides is 2. The number of rotatable bonds is 8. The van der Waals surface area contributed by atoms with Crippen molar-refractivity contribution in [3.05, 3.63) is 0 Å². The average Bonchev–Trinajstić information content (AvgIpc) is 2.92. The van der Waals surface area contributed by atoms with Crippen LogP contribution in [0, 0.1) is 0 Å². The van der Waals surface area contributed by atoms with Crippen LogP contribution in [0.25, 0.3) is 0 Å². The van der Waals surface area contributed by atoms with E-state index in [0.29, 0.717) is 23.1 Å². The van der Waals surface area contributed by atoms with E-state index >= 15 is 0 Å².